The van der Waals surface area contributed by atoms with Crippen LogP contribution in [-0.4, -0.2) is 50.0 Å². The van der Waals surface area contributed by atoms with Gasteiger partial charge in [0.1, 0.15) is 12.6 Å². The van der Waals surface area contributed by atoms with Crippen LogP contribution in [0.5, 0.6) is 0 Å². The van der Waals surface area contributed by atoms with E-state index in [1.165, 1.54) is 4.90 Å². The lowest BCUT2D eigenvalue weighted by atomic mass is 10.0. The molecule has 208 valence electrons. The van der Waals surface area contributed by atoms with Crippen molar-refractivity contribution in [3.8, 4) is 0 Å². The Morgan fingerprint density at radius 2 is 1.46 bits per heavy atom. The van der Waals surface area contributed by atoms with Crippen molar-refractivity contribution in [1.29, 1.82) is 0 Å². The van der Waals surface area contributed by atoms with Gasteiger partial charge in [-0.2, -0.15) is 0 Å². The third-order valence-corrected chi connectivity index (χ3v) is 8.23. The first kappa shape index (κ1) is 30.5. The maximum atomic E-state index is 14.0. The molecule has 0 aliphatic carbocycles. The summed E-state index contributed by atoms with van der Waals surface area (Å²) < 4.78 is 26.6. The molecule has 2 atom stereocenters. The van der Waals surface area contributed by atoms with E-state index in [2.05, 4.69) is 5.32 Å². The van der Waals surface area contributed by atoms with Gasteiger partial charge < -0.3 is 10.2 Å². The average molecular weight is 591 g/mol. The maximum absolute atomic E-state index is 14.0. The number of hydrogen-bond acceptors (Lipinski definition) is 4. The van der Waals surface area contributed by atoms with Crippen LogP contribution in [0.2, 0.25) is 10.0 Å². The molecule has 10 heteroatoms. The number of carbonyl (C=O) groups is 2. The van der Waals surface area contributed by atoms with Gasteiger partial charge in [0.15, 0.2) is 0 Å². The molecule has 0 aliphatic heterocycles. The lowest BCUT2D eigenvalue weighted by molar-refractivity contribution is -0.140. The minimum Gasteiger partial charge on any atom is -0.352 e. The standard InChI is InChI=1S/C29H33Cl2N3O4S/c1-4-21(2)32-29(36)27(18-22-12-7-5-8-13-22)33(19-24-25(30)16-11-17-26(24)31)28(35)20-34(39(3,37)38)23-14-9-6-10-15-23/h5-17,21,27H,4,18-20H2,1-3H3,(H,32,36). The van der Waals surface area contributed by atoms with E-state index in [-0.39, 0.29) is 24.9 Å². The second kappa shape index (κ2) is 13.8. The van der Waals surface area contributed by atoms with Gasteiger partial charge in [-0.25, -0.2) is 8.42 Å². The fourth-order valence-corrected chi connectivity index (χ4v) is 5.42. The second-order valence-electron chi connectivity index (χ2n) is 9.35. The van der Waals surface area contributed by atoms with Crippen molar-refractivity contribution in [2.24, 2.45) is 0 Å². The van der Waals surface area contributed by atoms with E-state index in [0.29, 0.717) is 27.7 Å². The lowest BCUT2D eigenvalue weighted by Gasteiger charge is -2.34. The molecule has 3 rings (SSSR count). The monoisotopic (exact) mass is 589 g/mol. The van der Waals surface area contributed by atoms with Crippen LogP contribution < -0.4 is 9.62 Å². The summed E-state index contributed by atoms with van der Waals surface area (Å²) in [6.45, 7) is 3.24. The van der Waals surface area contributed by atoms with Crippen molar-refractivity contribution in [2.45, 2.75) is 45.3 Å². The van der Waals surface area contributed by atoms with Gasteiger partial charge >= 0.3 is 0 Å². The number of amides is 2. The van der Waals surface area contributed by atoms with Crippen molar-refractivity contribution >= 4 is 50.7 Å². The molecular formula is C29H33Cl2N3O4S. The molecule has 0 aromatic heterocycles. The maximum Gasteiger partial charge on any atom is 0.244 e. The Labute approximate surface area is 240 Å². The summed E-state index contributed by atoms with van der Waals surface area (Å²) >= 11 is 12.9. The Bertz CT molecular complexity index is 1350. The van der Waals surface area contributed by atoms with Gasteiger partial charge in [0, 0.05) is 34.6 Å². The van der Waals surface area contributed by atoms with E-state index in [1.807, 2.05) is 44.2 Å². The Balaban J connectivity index is 2.09. The van der Waals surface area contributed by atoms with Gasteiger partial charge in [0.05, 0.1) is 11.9 Å². The van der Waals surface area contributed by atoms with Crippen LogP contribution >= 0.6 is 23.2 Å². The summed E-state index contributed by atoms with van der Waals surface area (Å²) in [4.78, 5) is 29.1. The minimum atomic E-state index is -3.83. The predicted molar refractivity (Wildman–Crippen MR) is 157 cm³/mol. The second-order valence-corrected chi connectivity index (χ2v) is 12.1. The van der Waals surface area contributed by atoms with E-state index in [9.17, 15) is 18.0 Å². The van der Waals surface area contributed by atoms with Crippen LogP contribution in [0.25, 0.3) is 0 Å². The molecule has 39 heavy (non-hydrogen) atoms. The lowest BCUT2D eigenvalue weighted by Crippen LogP contribution is -2.54. The number of sulfonamides is 1. The number of para-hydroxylation sites is 1. The summed E-state index contributed by atoms with van der Waals surface area (Å²) in [7, 11) is -3.83. The number of carbonyl (C=O) groups excluding carboxylic acids is 2. The van der Waals surface area contributed by atoms with Crippen LogP contribution in [0, 0.1) is 0 Å². The Kier molecular flexibility index (Phi) is 10.8. The summed E-state index contributed by atoms with van der Waals surface area (Å²) in [5.41, 5.74) is 1.65. The molecule has 0 aliphatic rings. The van der Waals surface area contributed by atoms with Crippen molar-refractivity contribution < 1.29 is 18.0 Å². The molecule has 0 saturated heterocycles. The molecule has 2 unspecified atom stereocenters. The molecule has 0 radical (unpaired) electrons. The van der Waals surface area contributed by atoms with Crippen molar-refractivity contribution in [3.05, 3.63) is 100 Å². The first-order valence-corrected chi connectivity index (χ1v) is 15.2. The summed E-state index contributed by atoms with van der Waals surface area (Å²) in [5.74, 6) is -0.921. The van der Waals surface area contributed by atoms with Gasteiger partial charge in [-0.1, -0.05) is 84.7 Å². The van der Waals surface area contributed by atoms with Crippen LogP contribution in [0.1, 0.15) is 31.4 Å². The Hall–Kier alpha value is -3.07. The van der Waals surface area contributed by atoms with Crippen molar-refractivity contribution in [2.75, 3.05) is 17.1 Å². The number of rotatable bonds is 12. The minimum absolute atomic E-state index is 0.0881. The third kappa shape index (κ3) is 8.46. The zero-order chi connectivity index (χ0) is 28.6. The molecule has 0 heterocycles. The van der Waals surface area contributed by atoms with Crippen LogP contribution in [0.15, 0.2) is 78.9 Å². The molecule has 0 spiro atoms. The zero-order valence-corrected chi connectivity index (χ0v) is 24.5. The van der Waals surface area contributed by atoms with Crippen molar-refractivity contribution in [3.63, 3.8) is 0 Å². The smallest absolute Gasteiger partial charge is 0.244 e. The van der Waals surface area contributed by atoms with E-state index < -0.39 is 28.5 Å². The molecule has 2 amide bonds. The molecule has 0 saturated carbocycles. The number of anilines is 1. The van der Waals surface area contributed by atoms with Gasteiger partial charge in [-0.05, 0) is 43.2 Å². The number of hydrogen-bond donors (Lipinski definition) is 1. The summed E-state index contributed by atoms with van der Waals surface area (Å²) in [6.07, 6.45) is 1.95. The third-order valence-electron chi connectivity index (χ3n) is 6.39. The molecule has 7 nitrogen and oxygen atoms in total. The molecule has 3 aromatic carbocycles. The summed E-state index contributed by atoms with van der Waals surface area (Å²) in [5, 5.41) is 3.66. The number of benzene rings is 3. The SMILES string of the molecule is CCC(C)NC(=O)C(Cc1ccccc1)N(Cc1c(Cl)cccc1Cl)C(=O)CN(c1ccccc1)S(C)(=O)=O. The fraction of sp³-hybridized carbons (Fsp3) is 0.310. The Morgan fingerprint density at radius 3 is 2.00 bits per heavy atom. The molecule has 0 bridgehead atoms. The molecule has 3 aromatic rings. The van der Waals surface area contributed by atoms with Crippen molar-refractivity contribution in [1.82, 2.24) is 10.2 Å². The van der Waals surface area contributed by atoms with Gasteiger partial charge in [0.2, 0.25) is 21.8 Å². The highest BCUT2D eigenvalue weighted by Gasteiger charge is 2.34. The highest BCUT2D eigenvalue weighted by Crippen LogP contribution is 2.28. The fourth-order valence-electron chi connectivity index (χ4n) is 4.06. The van der Waals surface area contributed by atoms with Gasteiger partial charge in [-0.15, -0.1) is 0 Å². The van der Waals surface area contributed by atoms with Crippen LogP contribution in [-0.2, 0) is 32.6 Å². The first-order chi connectivity index (χ1) is 18.5. The normalized spacial score (nSPS) is 12.8. The highest BCUT2D eigenvalue weighted by molar-refractivity contribution is 7.92. The number of halogens is 2. The van der Waals surface area contributed by atoms with E-state index in [0.717, 1.165) is 16.1 Å². The number of nitrogens with one attached hydrogen (secondary N) is 1. The molecule has 1 N–H and O–H groups in total. The predicted octanol–water partition coefficient (Wildman–Crippen LogP) is 5.31. The van der Waals surface area contributed by atoms with Gasteiger partial charge in [0.25, 0.3) is 0 Å². The van der Waals surface area contributed by atoms with E-state index in [4.69, 9.17) is 23.2 Å². The average Bonchev–Trinajstić information content (AvgIpc) is 2.90. The van der Waals surface area contributed by atoms with E-state index >= 15 is 0 Å². The van der Waals surface area contributed by atoms with Gasteiger partial charge in [-0.3, -0.25) is 13.9 Å². The number of nitrogens with zero attached hydrogens (tertiary/aromatic N) is 2. The largest absolute Gasteiger partial charge is 0.352 e. The van der Waals surface area contributed by atoms with Crippen LogP contribution in [0.4, 0.5) is 5.69 Å². The molecular weight excluding hydrogens is 557 g/mol. The first-order valence-electron chi connectivity index (χ1n) is 12.6. The summed E-state index contributed by atoms with van der Waals surface area (Å²) in [6, 6.07) is 21.6. The molecule has 0 fully saturated rings. The van der Waals surface area contributed by atoms with E-state index in [1.54, 1.807) is 48.5 Å². The Morgan fingerprint density at radius 1 is 0.897 bits per heavy atom. The quantitative estimate of drug-likeness (QED) is 0.310. The zero-order valence-electron chi connectivity index (χ0n) is 22.2. The topological polar surface area (TPSA) is 86.8 Å². The van der Waals surface area contributed by atoms with Crippen LogP contribution in [0.3, 0.4) is 0 Å². The highest BCUT2D eigenvalue weighted by atomic mass is 35.5.